The van der Waals surface area contributed by atoms with Gasteiger partial charge >= 0.3 is 6.18 Å². The normalized spacial score (nSPS) is 17.6. The minimum absolute atomic E-state index is 0.320. The maximum absolute atomic E-state index is 12.9. The zero-order valence-corrected chi connectivity index (χ0v) is 14.4. The summed E-state index contributed by atoms with van der Waals surface area (Å²) in [5.41, 5.74) is 5.32. The summed E-state index contributed by atoms with van der Waals surface area (Å²) in [7, 11) is 4.07. The van der Waals surface area contributed by atoms with Crippen molar-refractivity contribution in [3.05, 3.63) is 40.6 Å². The SMILES string of the molecule is Cc1nn(CC(F)(F)F)c(-c2ccc3c(c2)[C@H](N(C)C)CC3)c1C. The third-order valence-corrected chi connectivity index (χ3v) is 4.84. The minimum atomic E-state index is -4.29. The number of hydrogen-bond acceptors (Lipinski definition) is 2. The summed E-state index contributed by atoms with van der Waals surface area (Å²) >= 11 is 0. The summed E-state index contributed by atoms with van der Waals surface area (Å²) in [6.45, 7) is 2.52. The summed E-state index contributed by atoms with van der Waals surface area (Å²) in [6.07, 6.45) is -2.23. The van der Waals surface area contributed by atoms with Gasteiger partial charge in [0.15, 0.2) is 0 Å². The molecule has 3 nitrogen and oxygen atoms in total. The first-order valence-corrected chi connectivity index (χ1v) is 8.08. The van der Waals surface area contributed by atoms with E-state index in [1.807, 2.05) is 39.2 Å². The van der Waals surface area contributed by atoms with E-state index in [2.05, 4.69) is 10.00 Å². The van der Waals surface area contributed by atoms with Crippen molar-refractivity contribution in [3.63, 3.8) is 0 Å². The van der Waals surface area contributed by atoms with Crippen LogP contribution in [0.4, 0.5) is 13.2 Å². The lowest BCUT2D eigenvalue weighted by Crippen LogP contribution is -2.19. The third kappa shape index (κ3) is 3.07. The molecule has 1 aliphatic rings. The van der Waals surface area contributed by atoms with Gasteiger partial charge in [-0.25, -0.2) is 0 Å². The van der Waals surface area contributed by atoms with Crippen molar-refractivity contribution in [2.75, 3.05) is 14.1 Å². The molecule has 1 aromatic carbocycles. The number of halogens is 3. The minimum Gasteiger partial charge on any atom is -0.302 e. The molecule has 130 valence electrons. The fourth-order valence-electron chi connectivity index (χ4n) is 3.58. The fraction of sp³-hybridized carbons (Fsp3) is 0.500. The van der Waals surface area contributed by atoms with Gasteiger partial charge in [0.25, 0.3) is 0 Å². The van der Waals surface area contributed by atoms with Crippen LogP contribution in [0.25, 0.3) is 11.3 Å². The zero-order chi connectivity index (χ0) is 17.6. The first-order chi connectivity index (χ1) is 11.2. The Morgan fingerprint density at radius 3 is 2.58 bits per heavy atom. The van der Waals surface area contributed by atoms with Crippen LogP contribution >= 0.6 is 0 Å². The Morgan fingerprint density at radius 1 is 1.25 bits per heavy atom. The van der Waals surface area contributed by atoms with Crippen LogP contribution in [0.15, 0.2) is 18.2 Å². The van der Waals surface area contributed by atoms with Crippen LogP contribution in [0.3, 0.4) is 0 Å². The number of aromatic nitrogens is 2. The van der Waals surface area contributed by atoms with E-state index in [0.29, 0.717) is 17.4 Å². The van der Waals surface area contributed by atoms with Crippen molar-refractivity contribution >= 4 is 0 Å². The van der Waals surface area contributed by atoms with Gasteiger partial charge < -0.3 is 4.90 Å². The van der Waals surface area contributed by atoms with Crippen molar-refractivity contribution in [2.45, 2.75) is 45.5 Å². The van der Waals surface area contributed by atoms with Gasteiger partial charge in [0, 0.05) is 11.6 Å². The van der Waals surface area contributed by atoms with Crippen LogP contribution in [0.2, 0.25) is 0 Å². The van der Waals surface area contributed by atoms with E-state index in [0.717, 1.165) is 28.7 Å². The Hall–Kier alpha value is -1.82. The second-order valence-corrected chi connectivity index (χ2v) is 6.76. The maximum atomic E-state index is 12.9. The first-order valence-electron chi connectivity index (χ1n) is 8.08. The summed E-state index contributed by atoms with van der Waals surface area (Å²) < 4.78 is 39.8. The Bertz CT molecular complexity index is 760. The highest BCUT2D eigenvalue weighted by Crippen LogP contribution is 2.38. The highest BCUT2D eigenvalue weighted by atomic mass is 19.4. The lowest BCUT2D eigenvalue weighted by atomic mass is 10.00. The van der Waals surface area contributed by atoms with E-state index in [9.17, 15) is 13.2 Å². The topological polar surface area (TPSA) is 21.1 Å². The van der Waals surface area contributed by atoms with Crippen molar-refractivity contribution < 1.29 is 13.2 Å². The molecule has 2 aromatic rings. The lowest BCUT2D eigenvalue weighted by Gasteiger charge is -2.21. The molecule has 0 amide bonds. The number of alkyl halides is 3. The van der Waals surface area contributed by atoms with E-state index >= 15 is 0 Å². The van der Waals surface area contributed by atoms with Crippen molar-refractivity contribution in [3.8, 4) is 11.3 Å². The quantitative estimate of drug-likeness (QED) is 0.834. The van der Waals surface area contributed by atoms with Crippen LogP contribution in [0.1, 0.15) is 34.8 Å². The van der Waals surface area contributed by atoms with Gasteiger partial charge in [0.2, 0.25) is 0 Å². The van der Waals surface area contributed by atoms with Crippen LogP contribution in [0.5, 0.6) is 0 Å². The molecular formula is C18H22F3N3. The van der Waals surface area contributed by atoms with Crippen molar-refractivity contribution in [1.82, 2.24) is 14.7 Å². The Balaban J connectivity index is 2.09. The molecule has 1 aliphatic carbocycles. The molecule has 0 saturated carbocycles. The Morgan fingerprint density at radius 2 is 1.96 bits per heavy atom. The largest absolute Gasteiger partial charge is 0.408 e. The smallest absolute Gasteiger partial charge is 0.302 e. The van der Waals surface area contributed by atoms with E-state index in [4.69, 9.17) is 0 Å². The summed E-state index contributed by atoms with van der Waals surface area (Å²) in [5.74, 6) is 0. The van der Waals surface area contributed by atoms with Gasteiger partial charge in [-0.1, -0.05) is 12.1 Å². The number of rotatable bonds is 3. The number of fused-ring (bicyclic) bond motifs is 1. The van der Waals surface area contributed by atoms with Crippen LogP contribution in [-0.2, 0) is 13.0 Å². The molecule has 1 atom stereocenters. The van der Waals surface area contributed by atoms with Gasteiger partial charge in [0.05, 0.1) is 11.4 Å². The van der Waals surface area contributed by atoms with Gasteiger partial charge in [-0.2, -0.15) is 18.3 Å². The van der Waals surface area contributed by atoms with Crippen LogP contribution in [-0.4, -0.2) is 35.0 Å². The number of aryl methyl sites for hydroxylation is 2. The van der Waals surface area contributed by atoms with Crippen molar-refractivity contribution in [1.29, 1.82) is 0 Å². The average molecular weight is 337 g/mol. The molecule has 0 N–H and O–H groups in total. The van der Waals surface area contributed by atoms with E-state index in [1.54, 1.807) is 6.92 Å². The van der Waals surface area contributed by atoms with Gasteiger partial charge in [-0.05, 0) is 63.5 Å². The second-order valence-electron chi connectivity index (χ2n) is 6.76. The highest BCUT2D eigenvalue weighted by molar-refractivity contribution is 5.66. The standard InChI is InChI=1S/C18H22F3N3/c1-11-12(2)22-24(10-18(19,20)21)17(11)14-6-5-13-7-8-16(23(3)4)15(13)9-14/h5-6,9,16H,7-8,10H2,1-4H3/t16-/m1/s1. The Labute approximate surface area is 140 Å². The average Bonchev–Trinajstić information content (AvgIpc) is 2.99. The molecule has 1 aromatic heterocycles. The molecular weight excluding hydrogens is 315 g/mol. The Kier molecular flexibility index (Phi) is 4.20. The molecule has 0 saturated heterocycles. The predicted molar refractivity (Wildman–Crippen MR) is 87.9 cm³/mol. The number of nitrogens with zero attached hydrogens (tertiary/aromatic N) is 3. The summed E-state index contributed by atoms with van der Waals surface area (Å²) in [4.78, 5) is 2.17. The van der Waals surface area contributed by atoms with Gasteiger partial charge in [-0.15, -0.1) is 0 Å². The predicted octanol–water partition coefficient (Wildman–Crippen LogP) is 4.28. The van der Waals surface area contributed by atoms with Gasteiger partial charge in [-0.3, -0.25) is 4.68 Å². The molecule has 3 rings (SSSR count). The van der Waals surface area contributed by atoms with Crippen molar-refractivity contribution in [2.24, 2.45) is 0 Å². The monoisotopic (exact) mass is 337 g/mol. The molecule has 1 heterocycles. The molecule has 0 spiro atoms. The summed E-state index contributed by atoms with van der Waals surface area (Å²) in [5, 5.41) is 4.11. The van der Waals surface area contributed by atoms with Gasteiger partial charge in [0.1, 0.15) is 6.54 Å². The zero-order valence-electron chi connectivity index (χ0n) is 14.4. The third-order valence-electron chi connectivity index (χ3n) is 4.84. The second kappa shape index (κ2) is 5.92. The fourth-order valence-corrected chi connectivity index (χ4v) is 3.58. The number of hydrogen-bond donors (Lipinski definition) is 0. The molecule has 6 heteroatoms. The molecule has 0 radical (unpaired) electrons. The molecule has 0 aliphatic heterocycles. The first kappa shape index (κ1) is 17.0. The van der Waals surface area contributed by atoms with E-state index in [-0.39, 0.29) is 0 Å². The highest BCUT2D eigenvalue weighted by Gasteiger charge is 2.31. The van der Waals surface area contributed by atoms with Crippen LogP contribution in [0, 0.1) is 13.8 Å². The lowest BCUT2D eigenvalue weighted by molar-refractivity contribution is -0.142. The van der Waals surface area contributed by atoms with Crippen LogP contribution < -0.4 is 0 Å². The van der Waals surface area contributed by atoms with E-state index in [1.165, 1.54) is 11.1 Å². The maximum Gasteiger partial charge on any atom is 0.408 e. The summed E-state index contributed by atoms with van der Waals surface area (Å²) in [6, 6.07) is 6.34. The molecule has 24 heavy (non-hydrogen) atoms. The molecule has 0 fully saturated rings. The number of benzene rings is 1. The molecule has 0 unspecified atom stereocenters. The molecule has 0 bridgehead atoms. The van der Waals surface area contributed by atoms with E-state index < -0.39 is 12.7 Å².